The van der Waals surface area contributed by atoms with Gasteiger partial charge >= 0.3 is 0 Å². The normalized spacial score (nSPS) is 11.0. The predicted molar refractivity (Wildman–Crippen MR) is 98.3 cm³/mol. The van der Waals surface area contributed by atoms with Gasteiger partial charge in [0, 0.05) is 31.6 Å². The fraction of sp³-hybridized carbons (Fsp3) is 0.500. The third-order valence-corrected chi connectivity index (χ3v) is 4.14. The van der Waals surface area contributed by atoms with E-state index in [0.717, 1.165) is 30.6 Å². The van der Waals surface area contributed by atoms with Crippen molar-refractivity contribution in [3.05, 3.63) is 41.9 Å². The molecule has 5 heteroatoms. The van der Waals surface area contributed by atoms with Crippen LogP contribution >= 0.6 is 0 Å². The van der Waals surface area contributed by atoms with E-state index in [1.807, 2.05) is 12.1 Å². The van der Waals surface area contributed by atoms with E-state index >= 15 is 0 Å². The lowest BCUT2D eigenvalue weighted by Gasteiger charge is -2.05. The van der Waals surface area contributed by atoms with Crippen LogP contribution in [0.25, 0.3) is 11.3 Å². The summed E-state index contributed by atoms with van der Waals surface area (Å²) in [5.74, 6) is 1.82. The van der Waals surface area contributed by atoms with E-state index in [-0.39, 0.29) is 12.5 Å². The summed E-state index contributed by atoms with van der Waals surface area (Å²) >= 11 is 0. The summed E-state index contributed by atoms with van der Waals surface area (Å²) in [4.78, 5) is 16.1. The first kappa shape index (κ1) is 19.2. The predicted octanol–water partition coefficient (Wildman–Crippen LogP) is 3.68. The standard InChI is InChI=1S/C20H28N2O3/c1-15(2)16-6-8-17(9-7-16)18-14-22-20(25-18)11-10-19(24)21-12-4-3-5-13-23/h6-9,14-15,23H,3-5,10-13H2,1-2H3,(H,21,24). The number of aromatic nitrogens is 1. The van der Waals surface area contributed by atoms with Crippen LogP contribution in [0.4, 0.5) is 0 Å². The third-order valence-electron chi connectivity index (χ3n) is 4.14. The minimum atomic E-state index is 0.00466. The van der Waals surface area contributed by atoms with Gasteiger partial charge in [-0.25, -0.2) is 4.98 Å². The molecule has 25 heavy (non-hydrogen) atoms. The van der Waals surface area contributed by atoms with Crippen molar-refractivity contribution in [3.63, 3.8) is 0 Å². The van der Waals surface area contributed by atoms with Crippen LogP contribution in [0.1, 0.15) is 56.9 Å². The van der Waals surface area contributed by atoms with Gasteiger partial charge in [0.2, 0.25) is 5.91 Å². The Bertz CT molecular complexity index is 647. The number of hydrogen-bond donors (Lipinski definition) is 2. The molecule has 2 aromatic rings. The molecule has 0 saturated carbocycles. The average molecular weight is 344 g/mol. The molecule has 0 bridgehead atoms. The van der Waals surface area contributed by atoms with E-state index in [9.17, 15) is 4.79 Å². The van der Waals surface area contributed by atoms with Gasteiger partial charge in [0.1, 0.15) is 0 Å². The van der Waals surface area contributed by atoms with E-state index in [0.29, 0.717) is 31.2 Å². The minimum Gasteiger partial charge on any atom is -0.441 e. The first-order valence-electron chi connectivity index (χ1n) is 9.02. The number of aryl methyl sites for hydroxylation is 1. The Labute approximate surface area is 149 Å². The molecule has 1 heterocycles. The molecule has 136 valence electrons. The lowest BCUT2D eigenvalue weighted by molar-refractivity contribution is -0.121. The Balaban J connectivity index is 1.78. The first-order valence-corrected chi connectivity index (χ1v) is 9.02. The molecular weight excluding hydrogens is 316 g/mol. The molecular formula is C20H28N2O3. The van der Waals surface area contributed by atoms with Crippen molar-refractivity contribution in [2.45, 2.75) is 51.9 Å². The van der Waals surface area contributed by atoms with Crippen LogP contribution in [-0.2, 0) is 11.2 Å². The number of hydrogen-bond acceptors (Lipinski definition) is 4. The number of unbranched alkanes of at least 4 members (excludes halogenated alkanes) is 2. The molecule has 1 amide bonds. The maximum absolute atomic E-state index is 11.8. The zero-order valence-electron chi connectivity index (χ0n) is 15.1. The first-order chi connectivity index (χ1) is 12.1. The van der Waals surface area contributed by atoms with Crippen molar-refractivity contribution in [1.29, 1.82) is 0 Å². The SMILES string of the molecule is CC(C)c1ccc(-c2cnc(CCC(=O)NCCCCCO)o2)cc1. The van der Waals surface area contributed by atoms with Gasteiger partial charge in [0.05, 0.1) is 6.20 Å². The second-order valence-electron chi connectivity index (χ2n) is 6.53. The Morgan fingerprint density at radius 2 is 1.96 bits per heavy atom. The molecule has 5 nitrogen and oxygen atoms in total. The van der Waals surface area contributed by atoms with Crippen molar-refractivity contribution < 1.29 is 14.3 Å². The number of rotatable bonds is 10. The number of nitrogens with zero attached hydrogens (tertiary/aromatic N) is 1. The van der Waals surface area contributed by atoms with Crippen molar-refractivity contribution in [2.24, 2.45) is 0 Å². The van der Waals surface area contributed by atoms with E-state index in [2.05, 4.69) is 36.3 Å². The zero-order valence-corrected chi connectivity index (χ0v) is 15.1. The minimum absolute atomic E-state index is 0.00466. The summed E-state index contributed by atoms with van der Waals surface area (Å²) in [5, 5.41) is 11.6. The highest BCUT2D eigenvalue weighted by Gasteiger charge is 2.09. The Kier molecular flexibility index (Phi) is 7.67. The number of aliphatic hydroxyl groups is 1. The molecule has 0 aliphatic rings. The number of carbonyl (C=O) groups is 1. The smallest absolute Gasteiger partial charge is 0.220 e. The number of amides is 1. The summed E-state index contributed by atoms with van der Waals surface area (Å²) in [7, 11) is 0. The largest absolute Gasteiger partial charge is 0.441 e. The highest BCUT2D eigenvalue weighted by atomic mass is 16.4. The quantitative estimate of drug-likeness (QED) is 0.645. The molecule has 0 spiro atoms. The van der Waals surface area contributed by atoms with E-state index < -0.39 is 0 Å². The molecule has 0 unspecified atom stereocenters. The topological polar surface area (TPSA) is 75.4 Å². The molecule has 1 aromatic heterocycles. The number of benzene rings is 1. The van der Waals surface area contributed by atoms with Crippen molar-refractivity contribution in [1.82, 2.24) is 10.3 Å². The number of oxazole rings is 1. The van der Waals surface area contributed by atoms with Crippen LogP contribution in [0.3, 0.4) is 0 Å². The molecule has 0 radical (unpaired) electrons. The van der Waals surface area contributed by atoms with Crippen LogP contribution in [0.5, 0.6) is 0 Å². The maximum Gasteiger partial charge on any atom is 0.220 e. The molecule has 0 atom stereocenters. The van der Waals surface area contributed by atoms with Crippen LogP contribution in [0.2, 0.25) is 0 Å². The van der Waals surface area contributed by atoms with Crippen LogP contribution in [0.15, 0.2) is 34.9 Å². The number of aliphatic hydroxyl groups excluding tert-OH is 1. The molecule has 2 N–H and O–H groups in total. The van der Waals surface area contributed by atoms with E-state index in [4.69, 9.17) is 9.52 Å². The zero-order chi connectivity index (χ0) is 18.1. The number of carbonyl (C=O) groups excluding carboxylic acids is 1. The monoisotopic (exact) mass is 344 g/mol. The molecule has 0 fully saturated rings. The Morgan fingerprint density at radius 3 is 2.64 bits per heavy atom. The summed E-state index contributed by atoms with van der Waals surface area (Å²) in [6.45, 7) is 5.19. The van der Waals surface area contributed by atoms with Gasteiger partial charge in [-0.1, -0.05) is 38.1 Å². The van der Waals surface area contributed by atoms with Crippen LogP contribution < -0.4 is 5.32 Å². The van der Waals surface area contributed by atoms with Crippen LogP contribution in [-0.4, -0.2) is 29.1 Å². The Hall–Kier alpha value is -2.14. The fourth-order valence-electron chi connectivity index (χ4n) is 2.54. The summed E-state index contributed by atoms with van der Waals surface area (Å²) in [6, 6.07) is 8.29. The van der Waals surface area contributed by atoms with Crippen LogP contribution in [0, 0.1) is 0 Å². The van der Waals surface area contributed by atoms with Gasteiger partial charge in [-0.15, -0.1) is 0 Å². The second kappa shape index (κ2) is 9.99. The van der Waals surface area contributed by atoms with Crippen molar-refractivity contribution in [3.8, 4) is 11.3 Å². The number of nitrogens with one attached hydrogen (secondary N) is 1. The lowest BCUT2D eigenvalue weighted by atomic mass is 10.0. The van der Waals surface area contributed by atoms with Crippen molar-refractivity contribution in [2.75, 3.05) is 13.2 Å². The molecule has 2 rings (SSSR count). The maximum atomic E-state index is 11.8. The highest BCUT2D eigenvalue weighted by molar-refractivity contribution is 5.76. The molecule has 0 aliphatic heterocycles. The third kappa shape index (κ3) is 6.35. The average Bonchev–Trinajstić information content (AvgIpc) is 3.09. The van der Waals surface area contributed by atoms with Gasteiger partial charge in [0.15, 0.2) is 11.7 Å². The second-order valence-corrected chi connectivity index (χ2v) is 6.53. The molecule has 0 saturated heterocycles. The van der Waals surface area contributed by atoms with Gasteiger partial charge in [-0.05, 0) is 30.7 Å². The fourth-order valence-corrected chi connectivity index (χ4v) is 2.54. The van der Waals surface area contributed by atoms with Gasteiger partial charge < -0.3 is 14.8 Å². The Morgan fingerprint density at radius 1 is 1.20 bits per heavy atom. The molecule has 1 aromatic carbocycles. The summed E-state index contributed by atoms with van der Waals surface area (Å²) in [6.07, 6.45) is 5.18. The van der Waals surface area contributed by atoms with Gasteiger partial charge in [-0.2, -0.15) is 0 Å². The lowest BCUT2D eigenvalue weighted by Crippen LogP contribution is -2.24. The summed E-state index contributed by atoms with van der Waals surface area (Å²) in [5.41, 5.74) is 2.29. The van der Waals surface area contributed by atoms with Gasteiger partial charge in [-0.3, -0.25) is 4.79 Å². The van der Waals surface area contributed by atoms with Gasteiger partial charge in [0.25, 0.3) is 0 Å². The van der Waals surface area contributed by atoms with E-state index in [1.165, 1.54) is 5.56 Å². The molecule has 0 aliphatic carbocycles. The van der Waals surface area contributed by atoms with E-state index in [1.54, 1.807) is 6.20 Å². The highest BCUT2D eigenvalue weighted by Crippen LogP contribution is 2.23. The van der Waals surface area contributed by atoms with Crippen molar-refractivity contribution >= 4 is 5.91 Å². The summed E-state index contributed by atoms with van der Waals surface area (Å²) < 4.78 is 5.76.